The topological polar surface area (TPSA) is 53.0 Å². The second-order valence-electron chi connectivity index (χ2n) is 5.14. The number of carbonyl (C=O) groups is 1. The van der Waals surface area contributed by atoms with Gasteiger partial charge in [-0.15, -0.1) is 0 Å². The van der Waals surface area contributed by atoms with Crippen molar-refractivity contribution < 1.29 is 19.0 Å². The highest BCUT2D eigenvalue weighted by Gasteiger charge is 2.32. The number of rotatable bonds is 3. The minimum atomic E-state index is -0.554. The van der Waals surface area contributed by atoms with E-state index in [9.17, 15) is 9.18 Å². The van der Waals surface area contributed by atoms with Crippen LogP contribution in [0.4, 0.5) is 20.6 Å². The average molecular weight is 292 g/mol. The SMILES string of the molecule is O=C1OC(CO)CN1c1ccc(N2CC=CCC2)c(F)c1. The fraction of sp³-hybridized carbons (Fsp3) is 0.400. The molecule has 0 aromatic heterocycles. The van der Waals surface area contributed by atoms with Crippen LogP contribution in [0.5, 0.6) is 0 Å². The van der Waals surface area contributed by atoms with Crippen LogP contribution in [0, 0.1) is 5.82 Å². The third-order valence-electron chi connectivity index (χ3n) is 3.72. The van der Waals surface area contributed by atoms with Crippen LogP contribution in [-0.4, -0.2) is 43.5 Å². The lowest BCUT2D eigenvalue weighted by Gasteiger charge is -2.26. The second-order valence-corrected chi connectivity index (χ2v) is 5.14. The summed E-state index contributed by atoms with van der Waals surface area (Å²) in [7, 11) is 0. The Bertz CT molecular complexity index is 576. The normalized spacial score (nSPS) is 21.8. The Morgan fingerprint density at radius 3 is 2.86 bits per heavy atom. The van der Waals surface area contributed by atoms with Gasteiger partial charge in [-0.25, -0.2) is 9.18 Å². The first-order valence-corrected chi connectivity index (χ1v) is 6.97. The van der Waals surface area contributed by atoms with Crippen LogP contribution in [0.25, 0.3) is 0 Å². The lowest BCUT2D eigenvalue weighted by atomic mass is 10.2. The molecule has 21 heavy (non-hydrogen) atoms. The van der Waals surface area contributed by atoms with E-state index in [1.54, 1.807) is 12.1 Å². The quantitative estimate of drug-likeness (QED) is 0.865. The maximum absolute atomic E-state index is 14.3. The average Bonchev–Trinajstić information content (AvgIpc) is 2.89. The summed E-state index contributed by atoms with van der Waals surface area (Å²) in [6.45, 7) is 1.48. The number of hydrogen-bond acceptors (Lipinski definition) is 4. The molecular formula is C15H17FN2O3. The van der Waals surface area contributed by atoms with Gasteiger partial charge < -0.3 is 14.7 Å². The molecule has 3 rings (SSSR count). The van der Waals surface area contributed by atoms with Crippen molar-refractivity contribution in [3.8, 4) is 0 Å². The Labute approximate surface area is 122 Å². The third kappa shape index (κ3) is 2.71. The molecule has 2 aliphatic heterocycles. The zero-order valence-electron chi connectivity index (χ0n) is 11.5. The number of carbonyl (C=O) groups excluding carboxylic acids is 1. The number of hydrogen-bond donors (Lipinski definition) is 1. The maximum atomic E-state index is 14.3. The van der Waals surface area contributed by atoms with Gasteiger partial charge in [-0.1, -0.05) is 12.2 Å². The Kier molecular flexibility index (Phi) is 3.79. The van der Waals surface area contributed by atoms with Gasteiger partial charge in [-0.2, -0.15) is 0 Å². The van der Waals surface area contributed by atoms with Crippen molar-refractivity contribution in [2.75, 3.05) is 36.0 Å². The van der Waals surface area contributed by atoms with E-state index in [2.05, 4.69) is 6.08 Å². The molecule has 6 heteroatoms. The maximum Gasteiger partial charge on any atom is 0.414 e. The number of aliphatic hydroxyl groups excluding tert-OH is 1. The van der Waals surface area contributed by atoms with Crippen molar-refractivity contribution >= 4 is 17.5 Å². The summed E-state index contributed by atoms with van der Waals surface area (Å²) >= 11 is 0. The number of anilines is 2. The highest BCUT2D eigenvalue weighted by Crippen LogP contribution is 2.28. The van der Waals surface area contributed by atoms with Crippen molar-refractivity contribution in [2.45, 2.75) is 12.5 Å². The fourth-order valence-electron chi connectivity index (χ4n) is 2.61. The molecule has 1 atom stereocenters. The van der Waals surface area contributed by atoms with Gasteiger partial charge in [0.05, 0.1) is 24.5 Å². The summed E-state index contributed by atoms with van der Waals surface area (Å²) < 4.78 is 19.3. The summed E-state index contributed by atoms with van der Waals surface area (Å²) in [5, 5.41) is 9.03. The molecule has 1 aromatic carbocycles. The predicted octanol–water partition coefficient (Wildman–Crippen LogP) is 1.91. The first-order chi connectivity index (χ1) is 10.2. The minimum absolute atomic E-state index is 0.233. The van der Waals surface area contributed by atoms with Crippen LogP contribution >= 0.6 is 0 Å². The number of aliphatic hydroxyl groups is 1. The van der Waals surface area contributed by atoms with E-state index >= 15 is 0 Å². The Balaban J connectivity index is 1.81. The van der Waals surface area contributed by atoms with Gasteiger partial charge in [-0.3, -0.25) is 4.90 Å². The molecule has 0 saturated carbocycles. The summed E-state index contributed by atoms with van der Waals surface area (Å²) in [6.07, 6.45) is 3.89. The van der Waals surface area contributed by atoms with Crippen molar-refractivity contribution in [1.82, 2.24) is 0 Å². The van der Waals surface area contributed by atoms with E-state index < -0.39 is 12.2 Å². The first-order valence-electron chi connectivity index (χ1n) is 6.97. The van der Waals surface area contributed by atoms with Crippen LogP contribution in [0.2, 0.25) is 0 Å². The van der Waals surface area contributed by atoms with Gasteiger partial charge in [0.1, 0.15) is 11.9 Å². The number of amides is 1. The molecular weight excluding hydrogens is 275 g/mol. The summed E-state index contributed by atoms with van der Waals surface area (Å²) in [5.41, 5.74) is 0.985. The molecule has 0 bridgehead atoms. The van der Waals surface area contributed by atoms with Gasteiger partial charge in [0.2, 0.25) is 0 Å². The number of cyclic esters (lactones) is 1. The largest absolute Gasteiger partial charge is 0.441 e. The van der Waals surface area contributed by atoms with Crippen molar-refractivity contribution in [1.29, 1.82) is 0 Å². The Morgan fingerprint density at radius 1 is 1.38 bits per heavy atom. The molecule has 0 aliphatic carbocycles. The molecule has 1 saturated heterocycles. The summed E-state index contributed by atoms with van der Waals surface area (Å²) in [6, 6.07) is 4.73. The molecule has 0 spiro atoms. The van der Waals surface area contributed by atoms with Crippen molar-refractivity contribution in [3.05, 3.63) is 36.2 Å². The number of benzene rings is 1. The molecule has 2 aliphatic rings. The Hall–Kier alpha value is -2.08. The summed E-state index contributed by atoms with van der Waals surface area (Å²) in [5.74, 6) is -0.358. The lowest BCUT2D eigenvalue weighted by Crippen LogP contribution is -2.28. The zero-order chi connectivity index (χ0) is 14.8. The summed E-state index contributed by atoms with van der Waals surface area (Å²) in [4.78, 5) is 15.0. The van der Waals surface area contributed by atoms with Crippen molar-refractivity contribution in [2.24, 2.45) is 0 Å². The van der Waals surface area contributed by atoms with Crippen LogP contribution in [-0.2, 0) is 4.74 Å². The minimum Gasteiger partial charge on any atom is -0.441 e. The molecule has 1 aromatic rings. The van der Waals surface area contributed by atoms with E-state index in [0.29, 0.717) is 17.9 Å². The van der Waals surface area contributed by atoms with Crippen molar-refractivity contribution in [3.63, 3.8) is 0 Å². The molecule has 5 nitrogen and oxygen atoms in total. The van der Waals surface area contributed by atoms with Gasteiger partial charge in [-0.05, 0) is 24.6 Å². The Morgan fingerprint density at radius 2 is 2.24 bits per heavy atom. The van der Waals surface area contributed by atoms with Gasteiger partial charge in [0, 0.05) is 13.1 Å². The van der Waals surface area contributed by atoms with Crippen LogP contribution in [0.15, 0.2) is 30.4 Å². The van der Waals surface area contributed by atoms with E-state index in [4.69, 9.17) is 9.84 Å². The smallest absolute Gasteiger partial charge is 0.414 e. The van der Waals surface area contributed by atoms with E-state index in [1.165, 1.54) is 11.0 Å². The molecule has 1 fully saturated rings. The molecule has 1 amide bonds. The fourth-order valence-corrected chi connectivity index (χ4v) is 2.61. The van der Waals surface area contributed by atoms with Gasteiger partial charge in [0.25, 0.3) is 0 Å². The molecule has 0 radical (unpaired) electrons. The third-order valence-corrected chi connectivity index (χ3v) is 3.72. The molecule has 1 unspecified atom stereocenters. The first kappa shape index (κ1) is 13.9. The van der Waals surface area contributed by atoms with Crippen LogP contribution in [0.1, 0.15) is 6.42 Å². The zero-order valence-corrected chi connectivity index (χ0v) is 11.5. The van der Waals surface area contributed by atoms with Gasteiger partial charge >= 0.3 is 6.09 Å². The molecule has 112 valence electrons. The monoisotopic (exact) mass is 292 g/mol. The lowest BCUT2D eigenvalue weighted by molar-refractivity contribution is 0.0963. The number of ether oxygens (including phenoxy) is 1. The van der Waals surface area contributed by atoms with E-state index in [1.807, 2.05) is 11.0 Å². The highest BCUT2D eigenvalue weighted by molar-refractivity contribution is 5.90. The number of halogens is 1. The van der Waals surface area contributed by atoms with Crippen LogP contribution < -0.4 is 9.80 Å². The van der Waals surface area contributed by atoms with Crippen LogP contribution in [0.3, 0.4) is 0 Å². The number of nitrogens with zero attached hydrogens (tertiary/aromatic N) is 2. The highest BCUT2D eigenvalue weighted by atomic mass is 19.1. The van der Waals surface area contributed by atoms with E-state index in [0.717, 1.165) is 13.0 Å². The second kappa shape index (κ2) is 5.73. The molecule has 1 N–H and O–H groups in total. The standard InChI is InChI=1S/C15H17FN2O3/c16-13-8-11(18-9-12(10-19)21-15(18)20)4-5-14(13)17-6-2-1-3-7-17/h1-2,4-5,8,12,19H,3,6-7,9-10H2. The molecule has 2 heterocycles. The predicted molar refractivity (Wildman–Crippen MR) is 77.1 cm³/mol. The van der Waals surface area contributed by atoms with Gasteiger partial charge in [0.15, 0.2) is 0 Å². The van der Waals surface area contributed by atoms with E-state index in [-0.39, 0.29) is 19.0 Å².